The highest BCUT2D eigenvalue weighted by molar-refractivity contribution is 5.92. The van der Waals surface area contributed by atoms with Crippen LogP contribution in [0.25, 0.3) is 6.08 Å². The lowest BCUT2D eigenvalue weighted by molar-refractivity contribution is -0.126. The third-order valence-corrected chi connectivity index (χ3v) is 5.81. The fourth-order valence-electron chi connectivity index (χ4n) is 3.99. The SMILES string of the molecule is O=C(C=Cc1cnc[nH]1)N1CCN(c2ccc(N3CC(COc4ccon4)OC3=O)cc2F)CC1. The first-order chi connectivity index (χ1) is 17.1. The van der Waals surface area contributed by atoms with Gasteiger partial charge < -0.3 is 28.8 Å². The number of H-pyrrole nitrogens is 1. The largest absolute Gasteiger partial charge is 0.471 e. The summed E-state index contributed by atoms with van der Waals surface area (Å²) in [5, 5.41) is 3.64. The number of rotatable bonds is 7. The number of hydrogen-bond acceptors (Lipinski definition) is 8. The number of hydrogen-bond donors (Lipinski definition) is 1. The maximum atomic E-state index is 15.0. The Morgan fingerprint density at radius 2 is 2.11 bits per heavy atom. The van der Waals surface area contributed by atoms with Crippen LogP contribution < -0.4 is 14.5 Å². The number of carbonyl (C=O) groups is 2. The number of imidazole rings is 1. The summed E-state index contributed by atoms with van der Waals surface area (Å²) in [6.07, 6.45) is 6.64. The molecule has 0 spiro atoms. The Morgan fingerprint density at radius 1 is 1.26 bits per heavy atom. The standard InChI is InChI=1S/C23H23FN6O5/c24-19-11-17(30-13-18(35-23(30)32)14-33-21-5-10-34-27-21)2-3-20(19)28-6-8-29(9-7-28)22(31)4-1-16-12-25-15-26-16/h1-5,10-12,15,18H,6-9,13-14H2,(H,25,26). The molecule has 1 atom stereocenters. The minimum absolute atomic E-state index is 0.107. The normalized spacial score (nSPS) is 18.4. The number of nitrogens with one attached hydrogen (secondary N) is 1. The Balaban J connectivity index is 1.16. The van der Waals surface area contributed by atoms with Gasteiger partial charge in [-0.1, -0.05) is 0 Å². The summed E-state index contributed by atoms with van der Waals surface area (Å²) in [5.74, 6) is -0.258. The quantitative estimate of drug-likeness (QED) is 0.510. The zero-order valence-corrected chi connectivity index (χ0v) is 18.7. The van der Waals surface area contributed by atoms with Crippen LogP contribution >= 0.6 is 0 Å². The van der Waals surface area contributed by atoms with Gasteiger partial charge in [-0.15, -0.1) is 0 Å². The lowest BCUT2D eigenvalue weighted by atomic mass is 10.2. The fraction of sp³-hybridized carbons (Fsp3) is 0.304. The number of carbonyl (C=O) groups excluding carboxylic acids is 2. The monoisotopic (exact) mass is 482 g/mol. The van der Waals surface area contributed by atoms with Crippen molar-refractivity contribution in [1.29, 1.82) is 0 Å². The van der Waals surface area contributed by atoms with Crippen LogP contribution in [0.2, 0.25) is 0 Å². The van der Waals surface area contributed by atoms with Gasteiger partial charge in [0.25, 0.3) is 5.88 Å². The molecule has 1 aromatic carbocycles. The van der Waals surface area contributed by atoms with E-state index in [-0.39, 0.29) is 19.1 Å². The van der Waals surface area contributed by atoms with Crippen molar-refractivity contribution in [3.63, 3.8) is 0 Å². The molecule has 2 aliphatic rings. The molecule has 2 fully saturated rings. The smallest absolute Gasteiger partial charge is 0.414 e. The first kappa shape index (κ1) is 22.4. The van der Waals surface area contributed by atoms with Crippen LogP contribution in [-0.2, 0) is 9.53 Å². The van der Waals surface area contributed by atoms with Crippen LogP contribution in [0.1, 0.15) is 5.69 Å². The average molecular weight is 482 g/mol. The topological polar surface area (TPSA) is 117 Å². The first-order valence-corrected chi connectivity index (χ1v) is 11.1. The highest BCUT2D eigenvalue weighted by Crippen LogP contribution is 2.29. The molecule has 182 valence electrons. The molecule has 0 bridgehead atoms. The van der Waals surface area contributed by atoms with E-state index in [4.69, 9.17) is 14.0 Å². The van der Waals surface area contributed by atoms with E-state index in [0.717, 1.165) is 5.69 Å². The number of anilines is 2. The second kappa shape index (κ2) is 9.87. The van der Waals surface area contributed by atoms with Gasteiger partial charge in [-0.25, -0.2) is 14.2 Å². The Hall–Kier alpha value is -4.35. The predicted octanol–water partition coefficient (Wildman–Crippen LogP) is 2.30. The lowest BCUT2D eigenvalue weighted by Crippen LogP contribution is -2.48. The molecule has 11 nitrogen and oxygen atoms in total. The van der Waals surface area contributed by atoms with Crippen molar-refractivity contribution in [3.05, 3.63) is 60.6 Å². The highest BCUT2D eigenvalue weighted by atomic mass is 19.1. The molecule has 2 aliphatic heterocycles. The minimum atomic E-state index is -0.568. The summed E-state index contributed by atoms with van der Waals surface area (Å²) in [6.45, 7) is 2.26. The molecular formula is C23H23FN6O5. The third-order valence-electron chi connectivity index (χ3n) is 5.81. The summed E-state index contributed by atoms with van der Waals surface area (Å²) < 4.78 is 30.4. The van der Waals surface area contributed by atoms with Crippen molar-refractivity contribution in [2.24, 2.45) is 0 Å². The molecule has 5 rings (SSSR count). The van der Waals surface area contributed by atoms with Gasteiger partial charge in [0.15, 0.2) is 6.10 Å². The van der Waals surface area contributed by atoms with Crippen LogP contribution in [0, 0.1) is 5.82 Å². The molecular weight excluding hydrogens is 459 g/mol. The molecule has 2 saturated heterocycles. The van der Waals surface area contributed by atoms with E-state index in [1.807, 2.05) is 4.90 Å². The maximum absolute atomic E-state index is 15.0. The number of amides is 2. The van der Waals surface area contributed by atoms with Gasteiger partial charge in [-0.05, 0) is 29.4 Å². The van der Waals surface area contributed by atoms with Crippen LogP contribution in [-0.4, -0.2) is 77.5 Å². The van der Waals surface area contributed by atoms with Crippen molar-refractivity contribution in [3.8, 4) is 5.88 Å². The number of halogens is 1. The van der Waals surface area contributed by atoms with Gasteiger partial charge in [-0.3, -0.25) is 9.69 Å². The Morgan fingerprint density at radius 3 is 2.83 bits per heavy atom. The molecule has 35 heavy (non-hydrogen) atoms. The molecule has 4 heterocycles. The number of cyclic esters (lactones) is 1. The van der Waals surface area contributed by atoms with E-state index in [0.29, 0.717) is 43.4 Å². The fourth-order valence-corrected chi connectivity index (χ4v) is 3.99. The predicted molar refractivity (Wildman–Crippen MR) is 122 cm³/mol. The Kier molecular flexibility index (Phi) is 6.33. The van der Waals surface area contributed by atoms with E-state index in [1.165, 1.54) is 23.3 Å². The molecule has 0 saturated carbocycles. The van der Waals surface area contributed by atoms with E-state index in [2.05, 4.69) is 15.1 Å². The van der Waals surface area contributed by atoms with Gasteiger partial charge in [-0.2, -0.15) is 0 Å². The summed E-state index contributed by atoms with van der Waals surface area (Å²) in [4.78, 5) is 36.5. The highest BCUT2D eigenvalue weighted by Gasteiger charge is 2.33. The molecule has 0 radical (unpaired) electrons. The van der Waals surface area contributed by atoms with E-state index in [1.54, 1.807) is 41.7 Å². The summed E-state index contributed by atoms with van der Waals surface area (Å²) >= 11 is 0. The molecule has 0 aliphatic carbocycles. The van der Waals surface area contributed by atoms with E-state index in [9.17, 15) is 9.59 Å². The second-order valence-electron chi connectivity index (χ2n) is 8.05. The molecule has 3 aromatic rings. The van der Waals surface area contributed by atoms with Crippen molar-refractivity contribution in [2.45, 2.75) is 6.10 Å². The van der Waals surface area contributed by atoms with E-state index >= 15 is 4.39 Å². The maximum Gasteiger partial charge on any atom is 0.414 e. The van der Waals surface area contributed by atoms with Gasteiger partial charge in [0.1, 0.15) is 18.7 Å². The second-order valence-corrected chi connectivity index (χ2v) is 8.05. The van der Waals surface area contributed by atoms with Crippen molar-refractivity contribution < 1.29 is 28.0 Å². The van der Waals surface area contributed by atoms with Crippen LogP contribution in [0.15, 0.2) is 53.7 Å². The van der Waals surface area contributed by atoms with Crippen molar-refractivity contribution in [1.82, 2.24) is 20.0 Å². The first-order valence-electron chi connectivity index (χ1n) is 11.1. The Bertz CT molecular complexity index is 1190. The molecule has 12 heteroatoms. The van der Waals surface area contributed by atoms with Gasteiger partial charge in [0, 0.05) is 38.3 Å². The zero-order chi connectivity index (χ0) is 24.2. The van der Waals surface area contributed by atoms with Crippen LogP contribution in [0.5, 0.6) is 5.88 Å². The summed E-state index contributed by atoms with van der Waals surface area (Å²) in [6, 6.07) is 6.20. The molecule has 2 amide bonds. The molecule has 1 unspecified atom stereocenters. The van der Waals surface area contributed by atoms with E-state index < -0.39 is 18.0 Å². The van der Waals surface area contributed by atoms with Crippen LogP contribution in [0.4, 0.5) is 20.6 Å². The minimum Gasteiger partial charge on any atom is -0.471 e. The van der Waals surface area contributed by atoms with Gasteiger partial charge in [0.05, 0.1) is 36.1 Å². The number of nitrogens with zero attached hydrogens (tertiary/aromatic N) is 5. The summed E-state index contributed by atoms with van der Waals surface area (Å²) in [7, 11) is 0. The number of benzene rings is 1. The van der Waals surface area contributed by atoms with Crippen molar-refractivity contribution >= 4 is 29.5 Å². The zero-order valence-electron chi connectivity index (χ0n) is 18.7. The van der Waals surface area contributed by atoms with Gasteiger partial charge >= 0.3 is 6.09 Å². The lowest BCUT2D eigenvalue weighted by Gasteiger charge is -2.36. The average Bonchev–Trinajstić information content (AvgIpc) is 3.64. The van der Waals surface area contributed by atoms with Crippen molar-refractivity contribution in [2.75, 3.05) is 49.1 Å². The Labute approximate surface area is 199 Å². The summed E-state index contributed by atoms with van der Waals surface area (Å²) in [5.41, 5.74) is 1.57. The number of piperazine rings is 1. The van der Waals surface area contributed by atoms with Gasteiger partial charge in [0.2, 0.25) is 5.91 Å². The third kappa shape index (κ3) is 5.10. The number of ether oxygens (including phenoxy) is 2. The number of aromatic nitrogens is 3. The molecule has 2 aromatic heterocycles. The number of aromatic amines is 1. The molecule has 1 N–H and O–H groups in total. The van der Waals surface area contributed by atoms with Crippen LogP contribution in [0.3, 0.4) is 0 Å².